The number of benzene rings is 2. The summed E-state index contributed by atoms with van der Waals surface area (Å²) in [5.74, 6) is -3.64. The van der Waals surface area contributed by atoms with Gasteiger partial charge in [0.15, 0.2) is 5.78 Å². The SMILES string of the molecule is CCOC(=O)C(C#N)C(=O)c1ccccc1S(=O)(=O)NCCCCc1ccc(Cl)cc1. The summed E-state index contributed by atoms with van der Waals surface area (Å²) in [5, 5.41) is 9.87. The summed E-state index contributed by atoms with van der Waals surface area (Å²) in [6, 6.07) is 14.5. The van der Waals surface area contributed by atoms with Gasteiger partial charge in [0.2, 0.25) is 15.9 Å². The lowest BCUT2D eigenvalue weighted by Crippen LogP contribution is -2.30. The van der Waals surface area contributed by atoms with E-state index >= 15 is 0 Å². The van der Waals surface area contributed by atoms with E-state index in [0.717, 1.165) is 18.4 Å². The number of sulfonamides is 1. The van der Waals surface area contributed by atoms with Gasteiger partial charge >= 0.3 is 5.97 Å². The van der Waals surface area contributed by atoms with E-state index in [1.807, 2.05) is 12.1 Å². The number of Topliss-reactive ketones (excluding diaryl/α,β-unsaturated/α-hetero) is 1. The number of carbonyl (C=O) groups excluding carboxylic acids is 2. The van der Waals surface area contributed by atoms with Crippen LogP contribution in [0.2, 0.25) is 5.02 Å². The molecule has 0 aliphatic rings. The van der Waals surface area contributed by atoms with Crippen LogP contribution in [0.25, 0.3) is 0 Å². The molecule has 0 bridgehead atoms. The van der Waals surface area contributed by atoms with Gasteiger partial charge in [-0.25, -0.2) is 13.1 Å². The third-order valence-corrected chi connectivity index (χ3v) is 6.22. The molecular weight excluding hydrogens is 440 g/mol. The first-order valence-electron chi connectivity index (χ1n) is 9.73. The third-order valence-electron chi connectivity index (χ3n) is 4.45. The quantitative estimate of drug-likeness (QED) is 0.236. The fourth-order valence-corrected chi connectivity index (χ4v) is 4.30. The zero-order valence-corrected chi connectivity index (χ0v) is 18.6. The molecule has 1 N–H and O–H groups in total. The van der Waals surface area contributed by atoms with E-state index < -0.39 is 27.7 Å². The van der Waals surface area contributed by atoms with E-state index in [2.05, 4.69) is 4.72 Å². The van der Waals surface area contributed by atoms with Crippen LogP contribution in [0.5, 0.6) is 0 Å². The van der Waals surface area contributed by atoms with Gasteiger partial charge in [-0.3, -0.25) is 9.59 Å². The summed E-state index contributed by atoms with van der Waals surface area (Å²) < 4.78 is 32.7. The van der Waals surface area contributed by atoms with Gasteiger partial charge in [0.05, 0.1) is 17.6 Å². The van der Waals surface area contributed by atoms with Crippen LogP contribution in [0.4, 0.5) is 0 Å². The molecule has 0 spiro atoms. The normalized spacial score (nSPS) is 12.0. The second-order valence-corrected chi connectivity index (χ2v) is 8.83. The fourth-order valence-electron chi connectivity index (χ4n) is 2.89. The van der Waals surface area contributed by atoms with Gasteiger partial charge in [-0.15, -0.1) is 0 Å². The van der Waals surface area contributed by atoms with Crippen LogP contribution >= 0.6 is 11.6 Å². The van der Waals surface area contributed by atoms with Crippen LogP contribution in [0.3, 0.4) is 0 Å². The van der Waals surface area contributed by atoms with Crippen molar-refractivity contribution in [3.05, 3.63) is 64.7 Å². The molecule has 2 aromatic carbocycles. The van der Waals surface area contributed by atoms with Crippen molar-refractivity contribution in [1.29, 1.82) is 5.26 Å². The average molecular weight is 463 g/mol. The minimum atomic E-state index is -4.02. The molecule has 2 aromatic rings. The van der Waals surface area contributed by atoms with Gasteiger partial charge in [0.1, 0.15) is 0 Å². The molecule has 31 heavy (non-hydrogen) atoms. The summed E-state index contributed by atoms with van der Waals surface area (Å²) in [7, 11) is -4.02. The van der Waals surface area contributed by atoms with Crippen molar-refractivity contribution < 1.29 is 22.7 Å². The van der Waals surface area contributed by atoms with Crippen LogP contribution in [-0.4, -0.2) is 33.3 Å². The Hall–Kier alpha value is -2.73. The lowest BCUT2D eigenvalue weighted by atomic mass is 9.99. The molecule has 0 heterocycles. The topological polar surface area (TPSA) is 113 Å². The highest BCUT2D eigenvalue weighted by molar-refractivity contribution is 7.89. The van der Waals surface area contributed by atoms with E-state index in [9.17, 15) is 23.3 Å². The Morgan fingerprint density at radius 2 is 1.81 bits per heavy atom. The van der Waals surface area contributed by atoms with Crippen LogP contribution in [0, 0.1) is 17.2 Å². The van der Waals surface area contributed by atoms with Crippen LogP contribution in [-0.2, 0) is 26.0 Å². The zero-order chi connectivity index (χ0) is 22.9. The molecule has 1 unspecified atom stereocenters. The van der Waals surface area contributed by atoms with Crippen molar-refractivity contribution in [2.45, 2.75) is 31.1 Å². The lowest BCUT2D eigenvalue weighted by molar-refractivity contribution is -0.144. The number of hydrogen-bond acceptors (Lipinski definition) is 6. The number of aryl methyl sites for hydroxylation is 1. The predicted octanol–water partition coefficient (Wildman–Crippen LogP) is 3.53. The first kappa shape index (κ1) is 24.5. The number of hydrogen-bond donors (Lipinski definition) is 1. The smallest absolute Gasteiger partial charge is 0.331 e. The first-order chi connectivity index (χ1) is 14.8. The molecule has 9 heteroatoms. The summed E-state index contributed by atoms with van der Waals surface area (Å²) in [5.41, 5.74) is 0.875. The van der Waals surface area contributed by atoms with Crippen molar-refractivity contribution >= 4 is 33.4 Å². The number of nitrogens with one attached hydrogen (secondary N) is 1. The maximum atomic E-state index is 12.8. The van der Waals surface area contributed by atoms with E-state index in [4.69, 9.17) is 16.3 Å². The number of esters is 1. The van der Waals surface area contributed by atoms with Gasteiger partial charge < -0.3 is 4.74 Å². The molecule has 0 fully saturated rings. The van der Waals surface area contributed by atoms with Crippen molar-refractivity contribution in [2.24, 2.45) is 5.92 Å². The monoisotopic (exact) mass is 462 g/mol. The van der Waals surface area contributed by atoms with Gasteiger partial charge in [-0.1, -0.05) is 35.9 Å². The minimum Gasteiger partial charge on any atom is -0.465 e. The number of halogens is 1. The Morgan fingerprint density at radius 3 is 2.45 bits per heavy atom. The third kappa shape index (κ3) is 6.89. The Kier molecular flexibility index (Phi) is 9.19. The largest absolute Gasteiger partial charge is 0.465 e. The van der Waals surface area contributed by atoms with Crippen molar-refractivity contribution in [3.8, 4) is 6.07 Å². The molecule has 0 aliphatic carbocycles. The Balaban J connectivity index is 2.04. The molecule has 7 nitrogen and oxygen atoms in total. The molecule has 2 rings (SSSR count). The van der Waals surface area contributed by atoms with E-state index in [1.165, 1.54) is 24.3 Å². The molecule has 164 valence electrons. The minimum absolute atomic E-state index is 0.00180. The number of nitrogens with zero attached hydrogens (tertiary/aromatic N) is 1. The second kappa shape index (κ2) is 11.6. The Morgan fingerprint density at radius 1 is 1.13 bits per heavy atom. The van der Waals surface area contributed by atoms with Gasteiger partial charge in [0.25, 0.3) is 0 Å². The number of rotatable bonds is 11. The standard InChI is InChI=1S/C22H23ClN2O5S/c1-2-30-22(27)19(15-24)21(26)18-8-3-4-9-20(18)31(28,29)25-14-6-5-7-16-10-12-17(23)13-11-16/h3-4,8-13,19,25H,2,5-7,14H2,1H3. The highest BCUT2D eigenvalue weighted by atomic mass is 35.5. The molecular formula is C22H23ClN2O5S. The molecule has 0 saturated carbocycles. The number of carbonyl (C=O) groups is 2. The van der Waals surface area contributed by atoms with E-state index in [0.29, 0.717) is 11.4 Å². The molecule has 0 amide bonds. The van der Waals surface area contributed by atoms with Gasteiger partial charge in [-0.2, -0.15) is 5.26 Å². The van der Waals surface area contributed by atoms with Gasteiger partial charge in [0, 0.05) is 17.1 Å². The molecule has 1 atom stereocenters. The highest BCUT2D eigenvalue weighted by Crippen LogP contribution is 2.20. The predicted molar refractivity (Wildman–Crippen MR) is 116 cm³/mol. The first-order valence-corrected chi connectivity index (χ1v) is 11.6. The summed E-state index contributed by atoms with van der Waals surface area (Å²) in [6.45, 7) is 1.73. The molecule has 0 aromatic heterocycles. The zero-order valence-electron chi connectivity index (χ0n) is 17.0. The van der Waals surface area contributed by atoms with Crippen LogP contribution in [0.1, 0.15) is 35.7 Å². The van der Waals surface area contributed by atoms with Crippen LogP contribution in [0.15, 0.2) is 53.4 Å². The van der Waals surface area contributed by atoms with Crippen molar-refractivity contribution in [1.82, 2.24) is 4.72 Å². The number of ether oxygens (including phenoxy) is 1. The number of unbranched alkanes of at least 4 members (excludes halogenated alkanes) is 1. The Bertz CT molecular complexity index is 1060. The molecule has 0 aliphatic heterocycles. The molecule has 0 saturated heterocycles. The maximum absolute atomic E-state index is 12.8. The van der Waals surface area contributed by atoms with E-state index in [-0.39, 0.29) is 23.6 Å². The average Bonchev–Trinajstić information content (AvgIpc) is 2.75. The Labute approximate surface area is 187 Å². The van der Waals surface area contributed by atoms with Crippen LogP contribution < -0.4 is 4.72 Å². The second-order valence-electron chi connectivity index (χ2n) is 6.66. The number of ketones is 1. The highest BCUT2D eigenvalue weighted by Gasteiger charge is 2.32. The van der Waals surface area contributed by atoms with E-state index in [1.54, 1.807) is 25.1 Å². The maximum Gasteiger partial charge on any atom is 0.331 e. The number of nitriles is 1. The molecule has 0 radical (unpaired) electrons. The van der Waals surface area contributed by atoms with Crippen molar-refractivity contribution in [3.63, 3.8) is 0 Å². The fraction of sp³-hybridized carbons (Fsp3) is 0.318. The summed E-state index contributed by atoms with van der Waals surface area (Å²) in [6.07, 6.45) is 2.11. The summed E-state index contributed by atoms with van der Waals surface area (Å²) >= 11 is 5.86. The van der Waals surface area contributed by atoms with Gasteiger partial charge in [-0.05, 0) is 56.0 Å². The van der Waals surface area contributed by atoms with Crippen molar-refractivity contribution in [2.75, 3.05) is 13.2 Å². The summed E-state index contributed by atoms with van der Waals surface area (Å²) in [4.78, 5) is 24.3. The lowest BCUT2D eigenvalue weighted by Gasteiger charge is -2.13.